The van der Waals surface area contributed by atoms with E-state index in [4.69, 9.17) is 5.73 Å². The van der Waals surface area contributed by atoms with Gasteiger partial charge in [0, 0.05) is 30.4 Å². The van der Waals surface area contributed by atoms with Gasteiger partial charge in [-0.3, -0.25) is 9.59 Å². The molecule has 1 atom stereocenters. The van der Waals surface area contributed by atoms with E-state index in [1.54, 1.807) is 6.07 Å². The summed E-state index contributed by atoms with van der Waals surface area (Å²) in [5, 5.41) is 2.83. The van der Waals surface area contributed by atoms with Crippen LogP contribution in [-0.2, 0) is 0 Å². The maximum absolute atomic E-state index is 11.8. The second-order valence-corrected chi connectivity index (χ2v) is 3.99. The van der Waals surface area contributed by atoms with E-state index in [1.165, 1.54) is 12.3 Å². The minimum atomic E-state index is -0.282. The van der Waals surface area contributed by atoms with Crippen molar-refractivity contribution in [2.24, 2.45) is 5.73 Å². The van der Waals surface area contributed by atoms with Gasteiger partial charge in [0.15, 0.2) is 0 Å². The van der Waals surface area contributed by atoms with Crippen LogP contribution in [0.4, 0.5) is 0 Å². The first-order valence-corrected chi connectivity index (χ1v) is 5.87. The first-order chi connectivity index (χ1) is 8.17. The van der Waals surface area contributed by atoms with Crippen LogP contribution in [0.25, 0.3) is 0 Å². The SMILES string of the molecule is CCCCC(CN)NC(=O)c1cc[nH]c(=O)c1. The van der Waals surface area contributed by atoms with Crippen molar-refractivity contribution in [2.45, 2.75) is 32.2 Å². The molecule has 1 unspecified atom stereocenters. The molecule has 94 valence electrons. The van der Waals surface area contributed by atoms with Crippen molar-refractivity contribution in [1.82, 2.24) is 10.3 Å². The van der Waals surface area contributed by atoms with Gasteiger partial charge in [0.05, 0.1) is 0 Å². The fraction of sp³-hybridized carbons (Fsp3) is 0.500. The summed E-state index contributed by atoms with van der Waals surface area (Å²) in [6.07, 6.45) is 4.41. The number of H-pyrrole nitrogens is 1. The molecule has 1 aromatic rings. The first-order valence-electron chi connectivity index (χ1n) is 5.87. The van der Waals surface area contributed by atoms with Gasteiger partial charge in [0.1, 0.15) is 0 Å². The van der Waals surface area contributed by atoms with Gasteiger partial charge < -0.3 is 16.0 Å². The average Bonchev–Trinajstić information content (AvgIpc) is 2.34. The van der Waals surface area contributed by atoms with Crippen molar-refractivity contribution < 1.29 is 4.79 Å². The van der Waals surface area contributed by atoms with Crippen LogP contribution in [0, 0.1) is 0 Å². The molecule has 1 rings (SSSR count). The summed E-state index contributed by atoms with van der Waals surface area (Å²) < 4.78 is 0. The molecule has 0 aromatic carbocycles. The van der Waals surface area contributed by atoms with E-state index >= 15 is 0 Å². The summed E-state index contributed by atoms with van der Waals surface area (Å²) in [4.78, 5) is 25.3. The zero-order chi connectivity index (χ0) is 12.7. The number of aromatic nitrogens is 1. The summed E-state index contributed by atoms with van der Waals surface area (Å²) >= 11 is 0. The summed E-state index contributed by atoms with van der Waals surface area (Å²) in [5.74, 6) is -0.248. The quantitative estimate of drug-likeness (QED) is 0.677. The van der Waals surface area contributed by atoms with Crippen LogP contribution < -0.4 is 16.6 Å². The Bertz CT molecular complexity index is 414. The fourth-order valence-electron chi connectivity index (χ4n) is 1.55. The molecule has 4 N–H and O–H groups in total. The lowest BCUT2D eigenvalue weighted by molar-refractivity contribution is 0.0935. The number of rotatable bonds is 6. The predicted octanol–water partition coefficient (Wildman–Crippen LogP) is 0.622. The van der Waals surface area contributed by atoms with Gasteiger partial charge in [0.2, 0.25) is 5.56 Å². The number of unbranched alkanes of at least 4 members (excludes halogenated alkanes) is 1. The molecule has 5 heteroatoms. The molecule has 1 aromatic heterocycles. The standard InChI is InChI=1S/C12H19N3O2/c1-2-3-4-10(8-13)15-12(17)9-5-6-14-11(16)7-9/h5-7,10H,2-4,8,13H2,1H3,(H,14,16)(H,15,17). The number of nitrogens with one attached hydrogen (secondary N) is 2. The van der Waals surface area contributed by atoms with Crippen molar-refractivity contribution in [1.29, 1.82) is 0 Å². The van der Waals surface area contributed by atoms with Crippen LogP contribution in [0.15, 0.2) is 23.1 Å². The highest BCUT2D eigenvalue weighted by Crippen LogP contribution is 2.01. The van der Waals surface area contributed by atoms with E-state index in [0.29, 0.717) is 12.1 Å². The third kappa shape index (κ3) is 4.40. The zero-order valence-corrected chi connectivity index (χ0v) is 10.0. The van der Waals surface area contributed by atoms with E-state index in [1.807, 2.05) is 0 Å². The molecule has 0 aliphatic rings. The van der Waals surface area contributed by atoms with Crippen molar-refractivity contribution in [3.05, 3.63) is 34.2 Å². The second-order valence-electron chi connectivity index (χ2n) is 3.99. The Labute approximate surface area is 100 Å². The first kappa shape index (κ1) is 13.4. The molecule has 17 heavy (non-hydrogen) atoms. The number of hydrogen-bond donors (Lipinski definition) is 3. The third-order valence-electron chi connectivity index (χ3n) is 2.56. The highest BCUT2D eigenvalue weighted by atomic mass is 16.2. The van der Waals surface area contributed by atoms with E-state index in [2.05, 4.69) is 17.2 Å². The number of hydrogen-bond acceptors (Lipinski definition) is 3. The maximum atomic E-state index is 11.8. The van der Waals surface area contributed by atoms with E-state index in [-0.39, 0.29) is 17.5 Å². The lowest BCUT2D eigenvalue weighted by Crippen LogP contribution is -2.40. The molecule has 0 saturated heterocycles. The lowest BCUT2D eigenvalue weighted by Gasteiger charge is -2.16. The molecule has 0 spiro atoms. The highest BCUT2D eigenvalue weighted by molar-refractivity contribution is 5.94. The molecule has 0 fully saturated rings. The smallest absolute Gasteiger partial charge is 0.251 e. The molecule has 0 saturated carbocycles. The van der Waals surface area contributed by atoms with Gasteiger partial charge in [0.25, 0.3) is 5.91 Å². The Balaban J connectivity index is 2.61. The molecule has 0 aliphatic heterocycles. The normalized spacial score (nSPS) is 12.1. The maximum Gasteiger partial charge on any atom is 0.251 e. The van der Waals surface area contributed by atoms with Gasteiger partial charge in [-0.25, -0.2) is 0 Å². The molecule has 0 aliphatic carbocycles. The summed E-state index contributed by atoms with van der Waals surface area (Å²) in [6, 6.07) is 2.83. The monoisotopic (exact) mass is 237 g/mol. The topological polar surface area (TPSA) is 88.0 Å². The van der Waals surface area contributed by atoms with E-state index in [0.717, 1.165) is 19.3 Å². The molecule has 1 heterocycles. The van der Waals surface area contributed by atoms with Crippen LogP contribution in [0.2, 0.25) is 0 Å². The number of nitrogens with two attached hydrogens (primary N) is 1. The third-order valence-corrected chi connectivity index (χ3v) is 2.56. The Hall–Kier alpha value is -1.62. The summed E-state index contributed by atoms with van der Waals surface area (Å²) in [5.41, 5.74) is 5.67. The molecule has 0 bridgehead atoms. The Morgan fingerprint density at radius 1 is 1.59 bits per heavy atom. The van der Waals surface area contributed by atoms with Crippen molar-refractivity contribution in [3.63, 3.8) is 0 Å². The second kappa shape index (κ2) is 6.85. The Kier molecular flexibility index (Phi) is 5.42. The van der Waals surface area contributed by atoms with E-state index in [9.17, 15) is 9.59 Å². The van der Waals surface area contributed by atoms with Gasteiger partial charge >= 0.3 is 0 Å². The number of amides is 1. The van der Waals surface area contributed by atoms with Crippen LogP contribution >= 0.6 is 0 Å². The van der Waals surface area contributed by atoms with Crippen molar-refractivity contribution in [3.8, 4) is 0 Å². The number of carbonyl (C=O) groups excluding carboxylic acids is 1. The molecule has 0 radical (unpaired) electrons. The summed E-state index contributed by atoms with van der Waals surface area (Å²) in [6.45, 7) is 2.50. The van der Waals surface area contributed by atoms with E-state index < -0.39 is 0 Å². The molecular formula is C12H19N3O2. The number of aromatic amines is 1. The Morgan fingerprint density at radius 3 is 2.94 bits per heavy atom. The lowest BCUT2D eigenvalue weighted by atomic mass is 10.1. The Morgan fingerprint density at radius 2 is 2.35 bits per heavy atom. The highest BCUT2D eigenvalue weighted by Gasteiger charge is 2.11. The molecule has 1 amide bonds. The van der Waals surface area contributed by atoms with Gasteiger partial charge in [-0.05, 0) is 12.5 Å². The van der Waals surface area contributed by atoms with Crippen LogP contribution in [0.3, 0.4) is 0 Å². The largest absolute Gasteiger partial charge is 0.348 e. The summed E-state index contributed by atoms with van der Waals surface area (Å²) in [7, 11) is 0. The van der Waals surface area contributed by atoms with Crippen LogP contribution in [-0.4, -0.2) is 23.5 Å². The van der Waals surface area contributed by atoms with Crippen LogP contribution in [0.5, 0.6) is 0 Å². The minimum Gasteiger partial charge on any atom is -0.348 e. The number of pyridine rings is 1. The van der Waals surface area contributed by atoms with Crippen LogP contribution in [0.1, 0.15) is 36.5 Å². The van der Waals surface area contributed by atoms with Crippen molar-refractivity contribution in [2.75, 3.05) is 6.54 Å². The molecule has 5 nitrogen and oxygen atoms in total. The predicted molar refractivity (Wildman–Crippen MR) is 66.9 cm³/mol. The minimum absolute atomic E-state index is 0.0262. The van der Waals surface area contributed by atoms with Gasteiger partial charge in [-0.1, -0.05) is 19.8 Å². The van der Waals surface area contributed by atoms with Gasteiger partial charge in [-0.2, -0.15) is 0 Å². The molecular weight excluding hydrogens is 218 g/mol. The van der Waals surface area contributed by atoms with Gasteiger partial charge in [-0.15, -0.1) is 0 Å². The number of carbonyl (C=O) groups is 1. The zero-order valence-electron chi connectivity index (χ0n) is 10.0. The van der Waals surface area contributed by atoms with Crippen molar-refractivity contribution >= 4 is 5.91 Å². The average molecular weight is 237 g/mol. The fourth-order valence-corrected chi connectivity index (χ4v) is 1.55.